The Labute approximate surface area is 257 Å². The molecule has 45 heavy (non-hydrogen) atoms. The number of anilines is 2. The third-order valence-electron chi connectivity index (χ3n) is 8.76. The fourth-order valence-electron chi connectivity index (χ4n) is 6.85. The van der Waals surface area contributed by atoms with E-state index in [-0.39, 0.29) is 37.1 Å². The van der Waals surface area contributed by atoms with Crippen molar-refractivity contribution in [1.29, 1.82) is 0 Å². The van der Waals surface area contributed by atoms with Crippen molar-refractivity contribution in [2.24, 2.45) is 11.8 Å². The number of alkyl carbamates (subject to hydrolysis) is 1. The van der Waals surface area contributed by atoms with Gasteiger partial charge in [0.2, 0.25) is 0 Å². The fraction of sp³-hybridized carbons (Fsp3) is 0.600. The van der Waals surface area contributed by atoms with Crippen molar-refractivity contribution in [1.82, 2.24) is 20.2 Å². The minimum Gasteiger partial charge on any atom is -0.397 e. The van der Waals surface area contributed by atoms with E-state index in [1.807, 2.05) is 0 Å². The van der Waals surface area contributed by atoms with E-state index >= 15 is 0 Å². The molecule has 6 atom stereocenters. The Morgan fingerprint density at radius 3 is 1.76 bits per heavy atom. The topological polar surface area (TPSA) is 136 Å². The van der Waals surface area contributed by atoms with Gasteiger partial charge in [-0.2, -0.15) is 26.3 Å². The summed E-state index contributed by atoms with van der Waals surface area (Å²) in [7, 11) is 0. The van der Waals surface area contributed by atoms with E-state index in [9.17, 15) is 35.9 Å². The van der Waals surface area contributed by atoms with Gasteiger partial charge < -0.3 is 21.5 Å². The summed E-state index contributed by atoms with van der Waals surface area (Å²) >= 11 is 0. The summed E-state index contributed by atoms with van der Waals surface area (Å²) in [5, 5.41) is 2.39. The Bertz CT molecular complexity index is 1360. The molecule has 2 amide bonds. The van der Waals surface area contributed by atoms with Gasteiger partial charge in [-0.1, -0.05) is 0 Å². The summed E-state index contributed by atoms with van der Waals surface area (Å²) in [5.41, 5.74) is 12.3. The summed E-state index contributed by atoms with van der Waals surface area (Å²) in [4.78, 5) is 35.3. The summed E-state index contributed by atoms with van der Waals surface area (Å²) in [6, 6.07) is 1.07. The van der Waals surface area contributed by atoms with Crippen LogP contribution in [-0.4, -0.2) is 57.0 Å². The number of nitrogen functional groups attached to an aromatic ring is 2. The second kappa shape index (κ2) is 12.9. The number of nitrogens with one attached hydrogen (secondary N) is 1. The number of aromatic nitrogens is 2. The Morgan fingerprint density at radius 1 is 0.800 bits per heavy atom. The molecule has 2 saturated carbocycles. The smallest absolute Gasteiger partial charge is 0.397 e. The molecule has 0 aromatic carbocycles. The molecular formula is C30H38F6N6O3. The van der Waals surface area contributed by atoms with Crippen LogP contribution in [-0.2, 0) is 4.74 Å². The lowest BCUT2D eigenvalue weighted by atomic mass is 9.74. The highest BCUT2D eigenvalue weighted by molar-refractivity contribution is 5.84. The number of amides is 2. The number of nitrogens with two attached hydrogens (primary N) is 2. The molecule has 0 saturated heterocycles. The number of alkyl halides is 6. The molecule has 2 fully saturated rings. The van der Waals surface area contributed by atoms with Crippen LogP contribution in [0.2, 0.25) is 0 Å². The number of halogens is 6. The van der Waals surface area contributed by atoms with Crippen LogP contribution < -0.4 is 16.8 Å². The highest BCUT2D eigenvalue weighted by Crippen LogP contribution is 2.48. The Kier molecular flexibility index (Phi) is 9.78. The minimum atomic E-state index is -4.56. The normalized spacial score (nSPS) is 26.2. The van der Waals surface area contributed by atoms with Crippen LogP contribution in [0, 0.1) is 11.8 Å². The van der Waals surface area contributed by atoms with Crippen LogP contribution >= 0.6 is 0 Å². The van der Waals surface area contributed by atoms with Gasteiger partial charge in [0.05, 0.1) is 35.6 Å². The van der Waals surface area contributed by atoms with Crippen LogP contribution in [0.4, 0.5) is 47.3 Å². The molecular weight excluding hydrogens is 606 g/mol. The van der Waals surface area contributed by atoms with E-state index in [0.29, 0.717) is 11.1 Å². The fourth-order valence-corrected chi connectivity index (χ4v) is 6.85. The standard InChI is InChI=1S/C30H38F6N6O3/c1-28(2,3)42(21-11-17(9-19(13-21)30(34,35)36)23-5-7-40-15-25(23)38)27(44)45-26(43)41-20-10-16(8-18(12-20)29(31,32)33)22-4-6-39-14-24(22)37/h4-7,14-21H,8-13,37-38H2,1-3H3,(H,41,43)/t16-,17-,18-,19+,20-,21+/m0/s1. The molecule has 2 aromatic heterocycles. The largest absolute Gasteiger partial charge is 0.419 e. The quantitative estimate of drug-likeness (QED) is 0.243. The number of hydrogen-bond donors (Lipinski definition) is 3. The van der Waals surface area contributed by atoms with Gasteiger partial charge in [0, 0.05) is 30.0 Å². The van der Waals surface area contributed by atoms with Gasteiger partial charge in [-0.15, -0.1) is 0 Å². The Balaban J connectivity index is 1.53. The third-order valence-corrected chi connectivity index (χ3v) is 8.76. The first-order valence-corrected chi connectivity index (χ1v) is 14.7. The number of carbonyl (C=O) groups excluding carboxylic acids is 2. The number of nitrogens with zero attached hydrogens (tertiary/aromatic N) is 3. The maximum Gasteiger partial charge on any atom is 0.419 e. The molecule has 2 aliphatic carbocycles. The average molecular weight is 645 g/mol. The van der Waals surface area contributed by atoms with Crippen molar-refractivity contribution < 1.29 is 40.7 Å². The van der Waals surface area contributed by atoms with Gasteiger partial charge in [-0.25, -0.2) is 9.59 Å². The van der Waals surface area contributed by atoms with E-state index in [2.05, 4.69) is 15.3 Å². The van der Waals surface area contributed by atoms with Crippen molar-refractivity contribution in [2.45, 2.75) is 101 Å². The lowest BCUT2D eigenvalue weighted by Gasteiger charge is -2.46. The molecule has 9 nitrogen and oxygen atoms in total. The minimum absolute atomic E-state index is 0.0952. The van der Waals surface area contributed by atoms with Crippen LogP contribution in [0.3, 0.4) is 0 Å². The molecule has 248 valence electrons. The van der Waals surface area contributed by atoms with E-state index in [1.54, 1.807) is 26.8 Å². The van der Waals surface area contributed by atoms with E-state index < -0.39 is 78.7 Å². The summed E-state index contributed by atoms with van der Waals surface area (Å²) in [5.74, 6) is -4.84. The predicted molar refractivity (Wildman–Crippen MR) is 154 cm³/mol. The maximum atomic E-state index is 14.1. The van der Waals surface area contributed by atoms with Gasteiger partial charge in [0.15, 0.2) is 0 Å². The van der Waals surface area contributed by atoms with Crippen LogP contribution in [0.5, 0.6) is 0 Å². The van der Waals surface area contributed by atoms with E-state index in [0.717, 1.165) is 4.90 Å². The van der Waals surface area contributed by atoms with Gasteiger partial charge in [0.25, 0.3) is 0 Å². The zero-order valence-corrected chi connectivity index (χ0v) is 25.2. The van der Waals surface area contributed by atoms with Gasteiger partial charge in [-0.05, 0) is 94.4 Å². The molecule has 2 aliphatic rings. The number of rotatable bonds is 4. The van der Waals surface area contributed by atoms with Crippen LogP contribution in [0.1, 0.15) is 82.3 Å². The van der Waals surface area contributed by atoms with Gasteiger partial charge in [0.1, 0.15) is 0 Å². The molecule has 0 aliphatic heterocycles. The van der Waals surface area contributed by atoms with Crippen LogP contribution in [0.25, 0.3) is 0 Å². The summed E-state index contributed by atoms with van der Waals surface area (Å²) < 4.78 is 88.9. The zero-order chi connectivity index (χ0) is 33.3. The molecule has 0 bridgehead atoms. The monoisotopic (exact) mass is 644 g/mol. The average Bonchev–Trinajstić information content (AvgIpc) is 2.91. The Hall–Kier alpha value is -3.78. The highest BCUT2D eigenvalue weighted by atomic mass is 19.4. The summed E-state index contributed by atoms with van der Waals surface area (Å²) in [6.07, 6.45) is -7.21. The molecule has 15 heteroatoms. The molecule has 5 N–H and O–H groups in total. The van der Waals surface area contributed by atoms with Crippen LogP contribution in [0.15, 0.2) is 36.9 Å². The molecule has 2 aromatic rings. The van der Waals surface area contributed by atoms with Crippen molar-refractivity contribution in [2.75, 3.05) is 11.5 Å². The number of pyridine rings is 2. The lowest BCUT2D eigenvalue weighted by molar-refractivity contribution is -0.189. The second-order valence-corrected chi connectivity index (χ2v) is 13.0. The SMILES string of the molecule is CC(C)(C)N(C(=O)OC(=O)N[C@H]1C[C@@H](c2ccncc2N)C[C@H](C(F)(F)F)C1)[C@@H]1C[C@@H](c2ccncc2N)C[C@@H](C(F)(F)F)C1. The predicted octanol–water partition coefficient (Wildman–Crippen LogP) is 6.92. The van der Waals surface area contributed by atoms with Crippen molar-refractivity contribution in [3.8, 4) is 0 Å². The molecule has 0 spiro atoms. The molecule has 4 rings (SSSR count). The first-order chi connectivity index (χ1) is 20.8. The van der Waals surface area contributed by atoms with Gasteiger partial charge >= 0.3 is 24.5 Å². The lowest BCUT2D eigenvalue weighted by Crippen LogP contribution is -2.56. The summed E-state index contributed by atoms with van der Waals surface area (Å²) in [6.45, 7) is 4.79. The van der Waals surface area contributed by atoms with Gasteiger partial charge in [-0.3, -0.25) is 14.9 Å². The molecule has 0 radical (unpaired) electrons. The van der Waals surface area contributed by atoms with E-state index in [1.165, 1.54) is 30.9 Å². The highest BCUT2D eigenvalue weighted by Gasteiger charge is 2.50. The second-order valence-electron chi connectivity index (χ2n) is 13.0. The zero-order valence-electron chi connectivity index (χ0n) is 25.2. The number of carbonyl (C=O) groups is 2. The number of hydrogen-bond acceptors (Lipinski definition) is 7. The number of ether oxygens (including phenoxy) is 1. The van der Waals surface area contributed by atoms with E-state index in [4.69, 9.17) is 16.2 Å². The molecule has 2 heterocycles. The Morgan fingerprint density at radius 2 is 1.29 bits per heavy atom. The maximum absolute atomic E-state index is 14.1. The molecule has 0 unspecified atom stereocenters. The first kappa shape index (κ1) is 34.1. The first-order valence-electron chi connectivity index (χ1n) is 14.7. The van der Waals surface area contributed by atoms with Crippen molar-refractivity contribution >= 4 is 23.6 Å². The van der Waals surface area contributed by atoms with Crippen molar-refractivity contribution in [3.05, 3.63) is 48.0 Å². The third kappa shape index (κ3) is 8.28. The van der Waals surface area contributed by atoms with Crippen molar-refractivity contribution in [3.63, 3.8) is 0 Å².